The minimum absolute atomic E-state index is 0.0206. The van der Waals surface area contributed by atoms with Gasteiger partial charge in [0.1, 0.15) is 0 Å². The molecule has 2 atom stereocenters. The zero-order chi connectivity index (χ0) is 13.8. The van der Waals surface area contributed by atoms with Crippen molar-refractivity contribution < 1.29 is 9.90 Å². The fraction of sp³-hybridized carbons (Fsp3) is 0.929. The maximum absolute atomic E-state index is 12.2. The van der Waals surface area contributed by atoms with Crippen LogP contribution in [0, 0.1) is 11.3 Å². The van der Waals surface area contributed by atoms with E-state index in [0.717, 1.165) is 19.5 Å². The fourth-order valence-corrected chi connectivity index (χ4v) is 2.46. The SMILES string of the molecule is CC1CCCN(C(=O)NC(CCO)C(C)(C)C)C1. The molecule has 18 heavy (non-hydrogen) atoms. The number of likely N-dealkylation sites (tertiary alicyclic amines) is 1. The zero-order valence-electron chi connectivity index (χ0n) is 12.2. The Morgan fingerprint density at radius 3 is 2.67 bits per heavy atom. The molecule has 0 aromatic rings. The number of hydrogen-bond acceptors (Lipinski definition) is 2. The van der Waals surface area contributed by atoms with Crippen molar-refractivity contribution in [3.63, 3.8) is 0 Å². The molecule has 1 saturated heterocycles. The van der Waals surface area contributed by atoms with E-state index in [-0.39, 0.29) is 24.1 Å². The van der Waals surface area contributed by atoms with Gasteiger partial charge in [-0.3, -0.25) is 0 Å². The van der Waals surface area contributed by atoms with Crippen molar-refractivity contribution in [3.05, 3.63) is 0 Å². The molecule has 106 valence electrons. The van der Waals surface area contributed by atoms with E-state index in [9.17, 15) is 4.79 Å². The highest BCUT2D eigenvalue weighted by molar-refractivity contribution is 5.74. The maximum atomic E-state index is 12.2. The Hall–Kier alpha value is -0.770. The van der Waals surface area contributed by atoms with Gasteiger partial charge in [0.15, 0.2) is 0 Å². The maximum Gasteiger partial charge on any atom is 0.317 e. The minimum Gasteiger partial charge on any atom is -0.396 e. The van der Waals surface area contributed by atoms with Gasteiger partial charge in [-0.15, -0.1) is 0 Å². The van der Waals surface area contributed by atoms with E-state index < -0.39 is 0 Å². The lowest BCUT2D eigenvalue weighted by molar-refractivity contribution is 0.147. The molecule has 4 heteroatoms. The number of hydrogen-bond donors (Lipinski definition) is 2. The lowest BCUT2D eigenvalue weighted by Gasteiger charge is -2.36. The van der Waals surface area contributed by atoms with Crippen LogP contribution in [-0.4, -0.2) is 41.8 Å². The fourth-order valence-electron chi connectivity index (χ4n) is 2.46. The van der Waals surface area contributed by atoms with Crippen molar-refractivity contribution in [3.8, 4) is 0 Å². The highest BCUT2D eigenvalue weighted by Gasteiger charge is 2.28. The third-order valence-corrected chi connectivity index (χ3v) is 3.71. The summed E-state index contributed by atoms with van der Waals surface area (Å²) in [5.74, 6) is 0.593. The van der Waals surface area contributed by atoms with Gasteiger partial charge in [-0.1, -0.05) is 27.7 Å². The van der Waals surface area contributed by atoms with Gasteiger partial charge in [-0.25, -0.2) is 4.79 Å². The lowest BCUT2D eigenvalue weighted by atomic mass is 9.85. The van der Waals surface area contributed by atoms with Crippen LogP contribution >= 0.6 is 0 Å². The van der Waals surface area contributed by atoms with Gasteiger partial charge in [0.05, 0.1) is 0 Å². The topological polar surface area (TPSA) is 52.6 Å². The summed E-state index contributed by atoms with van der Waals surface area (Å²) < 4.78 is 0. The van der Waals surface area contributed by atoms with Crippen molar-refractivity contribution >= 4 is 6.03 Å². The second kappa shape index (κ2) is 6.41. The van der Waals surface area contributed by atoms with Gasteiger partial charge >= 0.3 is 6.03 Å². The van der Waals surface area contributed by atoms with Crippen LogP contribution in [-0.2, 0) is 0 Å². The van der Waals surface area contributed by atoms with Crippen LogP contribution in [0.3, 0.4) is 0 Å². The zero-order valence-corrected chi connectivity index (χ0v) is 12.2. The number of carbonyl (C=O) groups excluding carboxylic acids is 1. The lowest BCUT2D eigenvalue weighted by Crippen LogP contribution is -2.52. The number of amides is 2. The third kappa shape index (κ3) is 4.48. The second-order valence-corrected chi connectivity index (χ2v) is 6.57. The summed E-state index contributed by atoms with van der Waals surface area (Å²) in [7, 11) is 0. The summed E-state index contributed by atoms with van der Waals surface area (Å²) in [6.07, 6.45) is 2.91. The van der Waals surface area contributed by atoms with Crippen molar-refractivity contribution in [2.24, 2.45) is 11.3 Å². The first-order valence-corrected chi connectivity index (χ1v) is 7.01. The molecule has 1 heterocycles. The van der Waals surface area contributed by atoms with Gasteiger partial charge in [-0.05, 0) is 30.6 Å². The Labute approximate surface area is 111 Å². The van der Waals surface area contributed by atoms with E-state index in [2.05, 4.69) is 33.0 Å². The van der Waals surface area contributed by atoms with E-state index in [4.69, 9.17) is 5.11 Å². The van der Waals surface area contributed by atoms with Crippen molar-refractivity contribution in [1.82, 2.24) is 10.2 Å². The average Bonchev–Trinajstić information content (AvgIpc) is 2.27. The quantitative estimate of drug-likeness (QED) is 0.813. The van der Waals surface area contributed by atoms with Crippen LogP contribution in [0.1, 0.15) is 47.0 Å². The summed E-state index contributed by atoms with van der Waals surface area (Å²) in [6, 6.07) is 0.0437. The number of nitrogens with one attached hydrogen (secondary N) is 1. The van der Waals surface area contributed by atoms with Crippen LogP contribution in [0.5, 0.6) is 0 Å². The molecule has 4 nitrogen and oxygen atoms in total. The Morgan fingerprint density at radius 1 is 1.50 bits per heavy atom. The molecule has 0 saturated carbocycles. The number of aliphatic hydroxyl groups excluding tert-OH is 1. The molecule has 1 aliphatic heterocycles. The Bertz CT molecular complexity index is 273. The third-order valence-electron chi connectivity index (χ3n) is 3.71. The molecule has 0 aromatic carbocycles. The first-order chi connectivity index (χ1) is 8.34. The van der Waals surface area contributed by atoms with Gasteiger partial charge < -0.3 is 15.3 Å². The Morgan fingerprint density at radius 2 is 2.17 bits per heavy atom. The standard InChI is InChI=1S/C14H28N2O2/c1-11-6-5-8-16(10-11)13(18)15-12(7-9-17)14(2,3)4/h11-12,17H,5-10H2,1-4H3,(H,15,18). The summed E-state index contributed by atoms with van der Waals surface area (Å²) in [5.41, 5.74) is -0.0280. The summed E-state index contributed by atoms with van der Waals surface area (Å²) >= 11 is 0. The first kappa shape index (κ1) is 15.3. The van der Waals surface area contributed by atoms with E-state index >= 15 is 0 Å². The van der Waals surface area contributed by atoms with Crippen molar-refractivity contribution in [1.29, 1.82) is 0 Å². The first-order valence-electron chi connectivity index (χ1n) is 7.01. The minimum atomic E-state index is -0.0280. The van der Waals surface area contributed by atoms with Gasteiger partial charge in [0.25, 0.3) is 0 Å². The van der Waals surface area contributed by atoms with E-state index in [0.29, 0.717) is 12.3 Å². The second-order valence-electron chi connectivity index (χ2n) is 6.57. The van der Waals surface area contributed by atoms with Crippen LogP contribution in [0.4, 0.5) is 4.79 Å². The van der Waals surface area contributed by atoms with Crippen LogP contribution in [0.15, 0.2) is 0 Å². The highest BCUT2D eigenvalue weighted by Crippen LogP contribution is 2.22. The van der Waals surface area contributed by atoms with E-state index in [1.54, 1.807) is 0 Å². The molecule has 2 N–H and O–H groups in total. The predicted molar refractivity (Wildman–Crippen MR) is 73.4 cm³/mol. The van der Waals surface area contributed by atoms with Crippen molar-refractivity contribution in [2.45, 2.75) is 53.0 Å². The molecule has 0 aliphatic carbocycles. The van der Waals surface area contributed by atoms with Crippen molar-refractivity contribution in [2.75, 3.05) is 19.7 Å². The van der Waals surface area contributed by atoms with Crippen LogP contribution < -0.4 is 5.32 Å². The monoisotopic (exact) mass is 256 g/mol. The number of nitrogens with zero attached hydrogens (tertiary/aromatic N) is 1. The molecule has 2 unspecified atom stereocenters. The summed E-state index contributed by atoms with van der Waals surface area (Å²) in [4.78, 5) is 14.1. The predicted octanol–water partition coefficient (Wildman–Crippen LogP) is 2.22. The molecule has 0 aromatic heterocycles. The average molecular weight is 256 g/mol. The Kier molecular flexibility index (Phi) is 5.45. The summed E-state index contributed by atoms with van der Waals surface area (Å²) in [5, 5.41) is 12.2. The number of piperidine rings is 1. The van der Waals surface area contributed by atoms with Crippen LogP contribution in [0.2, 0.25) is 0 Å². The molecule has 1 rings (SSSR count). The molecule has 0 radical (unpaired) electrons. The molecule has 1 fully saturated rings. The van der Waals surface area contributed by atoms with Crippen LogP contribution in [0.25, 0.3) is 0 Å². The number of urea groups is 1. The number of aliphatic hydroxyl groups is 1. The molecule has 2 amide bonds. The van der Waals surface area contributed by atoms with Gasteiger partial charge in [-0.2, -0.15) is 0 Å². The Balaban J connectivity index is 2.55. The normalized spacial score (nSPS) is 22.7. The molecule has 0 spiro atoms. The largest absolute Gasteiger partial charge is 0.396 e. The smallest absolute Gasteiger partial charge is 0.317 e. The molecule has 1 aliphatic rings. The molecule has 0 bridgehead atoms. The summed E-state index contributed by atoms with van der Waals surface area (Å²) in [6.45, 7) is 10.3. The molecular formula is C14H28N2O2. The van der Waals surface area contributed by atoms with Gasteiger partial charge in [0.2, 0.25) is 0 Å². The van der Waals surface area contributed by atoms with Gasteiger partial charge in [0, 0.05) is 25.7 Å². The number of carbonyl (C=O) groups is 1. The molecular weight excluding hydrogens is 228 g/mol. The highest BCUT2D eigenvalue weighted by atomic mass is 16.3. The number of rotatable bonds is 3. The van der Waals surface area contributed by atoms with E-state index in [1.807, 2.05) is 4.90 Å². The van der Waals surface area contributed by atoms with E-state index in [1.165, 1.54) is 6.42 Å².